The Morgan fingerprint density at radius 2 is 1.64 bits per heavy atom. The van der Waals surface area contributed by atoms with Gasteiger partial charge in [0.25, 0.3) is 11.8 Å². The van der Waals surface area contributed by atoms with Gasteiger partial charge in [0.05, 0.1) is 29.8 Å². The number of nitrogens with zero attached hydrogens (tertiary/aromatic N) is 2. The first kappa shape index (κ1) is 25.3. The van der Waals surface area contributed by atoms with Crippen LogP contribution < -0.4 is 10.2 Å². The average molecular weight is 538 g/mol. The van der Waals surface area contributed by atoms with Crippen molar-refractivity contribution in [1.82, 2.24) is 4.90 Å². The number of carbonyl (C=O) groups excluding carboxylic acids is 2. The lowest BCUT2D eigenvalue weighted by molar-refractivity contribution is -0.00653. The average Bonchev–Trinajstić information content (AvgIpc) is 3.14. The predicted molar refractivity (Wildman–Crippen MR) is 154 cm³/mol. The number of amides is 2. The molecule has 2 aliphatic rings. The number of fused-ring (bicyclic) bond motifs is 2. The SMILES string of the molecule is O=C(Nc1ccc(C(=O)N2C[C@H]3COCCN3Cc3ccccc32)c(Cl)c1)c1ccccc1-c1ccccc1. The van der Waals surface area contributed by atoms with Gasteiger partial charge in [0.2, 0.25) is 0 Å². The minimum Gasteiger partial charge on any atom is -0.378 e. The highest BCUT2D eigenvalue weighted by atomic mass is 35.5. The van der Waals surface area contributed by atoms with Crippen LogP contribution >= 0.6 is 11.6 Å². The fourth-order valence-corrected chi connectivity index (χ4v) is 5.62. The maximum Gasteiger partial charge on any atom is 0.259 e. The van der Waals surface area contributed by atoms with Crippen LogP contribution in [-0.2, 0) is 11.3 Å². The van der Waals surface area contributed by atoms with Gasteiger partial charge in [-0.2, -0.15) is 0 Å². The molecule has 0 unspecified atom stereocenters. The predicted octanol–water partition coefficient (Wildman–Crippen LogP) is 6.12. The van der Waals surface area contributed by atoms with E-state index in [1.165, 1.54) is 0 Å². The maximum absolute atomic E-state index is 13.9. The zero-order valence-corrected chi connectivity index (χ0v) is 22.1. The van der Waals surface area contributed by atoms with E-state index in [9.17, 15) is 9.59 Å². The van der Waals surface area contributed by atoms with E-state index in [1.807, 2.05) is 71.6 Å². The van der Waals surface area contributed by atoms with Gasteiger partial charge in [0.1, 0.15) is 0 Å². The van der Waals surface area contributed by atoms with E-state index in [2.05, 4.69) is 16.3 Å². The molecule has 0 saturated carbocycles. The first-order valence-electron chi connectivity index (χ1n) is 13.1. The van der Waals surface area contributed by atoms with Gasteiger partial charge in [-0.15, -0.1) is 0 Å². The van der Waals surface area contributed by atoms with E-state index >= 15 is 0 Å². The first-order valence-corrected chi connectivity index (χ1v) is 13.4. The third kappa shape index (κ3) is 5.19. The summed E-state index contributed by atoms with van der Waals surface area (Å²) in [5.74, 6) is -0.421. The number of morpholine rings is 1. The summed E-state index contributed by atoms with van der Waals surface area (Å²) in [6.07, 6.45) is 0. The molecule has 0 radical (unpaired) electrons. The second kappa shape index (κ2) is 11.0. The first-order chi connectivity index (χ1) is 19.1. The Hall–Kier alpha value is -3.97. The Morgan fingerprint density at radius 1 is 0.872 bits per heavy atom. The van der Waals surface area contributed by atoms with E-state index < -0.39 is 0 Å². The number of carbonyl (C=O) groups is 2. The zero-order valence-electron chi connectivity index (χ0n) is 21.3. The lowest BCUT2D eigenvalue weighted by atomic mass is 9.99. The minimum absolute atomic E-state index is 0.108. The van der Waals surface area contributed by atoms with Crippen molar-refractivity contribution in [2.45, 2.75) is 12.6 Å². The molecule has 7 heteroatoms. The molecule has 2 amide bonds. The van der Waals surface area contributed by atoms with Gasteiger partial charge >= 0.3 is 0 Å². The maximum atomic E-state index is 13.9. The second-order valence-corrected chi connectivity index (χ2v) is 10.2. The number of hydrogen-bond donors (Lipinski definition) is 1. The fraction of sp³-hybridized carbons (Fsp3) is 0.188. The van der Waals surface area contributed by atoms with E-state index in [0.29, 0.717) is 36.6 Å². The molecule has 1 N–H and O–H groups in total. The van der Waals surface area contributed by atoms with E-state index in [0.717, 1.165) is 35.5 Å². The fourth-order valence-electron chi connectivity index (χ4n) is 5.35. The molecule has 0 spiro atoms. The molecular weight excluding hydrogens is 510 g/mol. The van der Waals surface area contributed by atoms with Crippen LogP contribution in [-0.4, -0.2) is 49.1 Å². The van der Waals surface area contributed by atoms with E-state index in [4.69, 9.17) is 16.3 Å². The highest BCUT2D eigenvalue weighted by Crippen LogP contribution is 2.32. The number of benzene rings is 4. The van der Waals surface area contributed by atoms with Crippen LogP contribution in [0, 0.1) is 0 Å². The summed E-state index contributed by atoms with van der Waals surface area (Å²) in [4.78, 5) is 31.3. The number of halogens is 1. The Bertz CT molecular complexity index is 1520. The van der Waals surface area contributed by atoms with Crippen LogP contribution in [0.25, 0.3) is 11.1 Å². The van der Waals surface area contributed by atoms with Crippen molar-refractivity contribution in [2.75, 3.05) is 36.5 Å². The summed E-state index contributed by atoms with van der Waals surface area (Å²) < 4.78 is 5.73. The van der Waals surface area contributed by atoms with Crippen LogP contribution in [0.3, 0.4) is 0 Å². The van der Waals surface area contributed by atoms with Crippen LogP contribution in [0.15, 0.2) is 97.1 Å². The molecule has 39 heavy (non-hydrogen) atoms. The summed E-state index contributed by atoms with van der Waals surface area (Å²) in [6.45, 7) is 3.41. The monoisotopic (exact) mass is 537 g/mol. The van der Waals surface area contributed by atoms with Crippen molar-refractivity contribution >= 4 is 34.8 Å². The molecule has 0 aromatic heterocycles. The molecule has 4 aromatic carbocycles. The molecular formula is C32H28ClN3O3. The number of rotatable bonds is 4. The lowest BCUT2D eigenvalue weighted by Gasteiger charge is -2.35. The molecule has 2 aliphatic heterocycles. The topological polar surface area (TPSA) is 61.9 Å². The quantitative estimate of drug-likeness (QED) is 0.341. The Morgan fingerprint density at radius 3 is 2.49 bits per heavy atom. The van der Waals surface area contributed by atoms with Gasteiger partial charge in [-0.25, -0.2) is 0 Å². The van der Waals surface area contributed by atoms with Gasteiger partial charge < -0.3 is 15.0 Å². The van der Waals surface area contributed by atoms with Crippen LogP contribution in [0.5, 0.6) is 0 Å². The number of ether oxygens (including phenoxy) is 1. The number of para-hydroxylation sites is 1. The third-order valence-electron chi connectivity index (χ3n) is 7.36. The van der Waals surface area contributed by atoms with Gasteiger partial charge in [0, 0.05) is 36.6 Å². The van der Waals surface area contributed by atoms with Crippen molar-refractivity contribution < 1.29 is 14.3 Å². The molecule has 6 nitrogen and oxygen atoms in total. The Balaban J connectivity index is 1.25. The Kier molecular flexibility index (Phi) is 7.16. The van der Waals surface area contributed by atoms with Crippen molar-refractivity contribution in [3.63, 3.8) is 0 Å². The number of anilines is 2. The minimum atomic E-state index is -0.247. The largest absolute Gasteiger partial charge is 0.378 e. The molecule has 1 atom stereocenters. The lowest BCUT2D eigenvalue weighted by Crippen LogP contribution is -2.50. The number of hydrogen-bond acceptors (Lipinski definition) is 4. The molecule has 2 heterocycles. The smallest absolute Gasteiger partial charge is 0.259 e. The summed E-state index contributed by atoms with van der Waals surface area (Å²) in [7, 11) is 0. The van der Waals surface area contributed by atoms with Crippen LogP contribution in [0.2, 0.25) is 5.02 Å². The Labute approximate surface area is 232 Å². The summed E-state index contributed by atoms with van der Waals surface area (Å²) in [5, 5.41) is 3.23. The van der Waals surface area contributed by atoms with E-state index in [-0.39, 0.29) is 22.9 Å². The van der Waals surface area contributed by atoms with Gasteiger partial charge in [-0.3, -0.25) is 14.5 Å². The summed E-state index contributed by atoms with van der Waals surface area (Å²) >= 11 is 6.67. The molecule has 0 bridgehead atoms. The molecule has 1 saturated heterocycles. The van der Waals surface area contributed by atoms with Gasteiger partial charge in [0.15, 0.2) is 0 Å². The van der Waals surface area contributed by atoms with Crippen molar-refractivity contribution in [3.8, 4) is 11.1 Å². The highest BCUT2D eigenvalue weighted by Gasteiger charge is 2.33. The molecule has 4 aromatic rings. The van der Waals surface area contributed by atoms with Gasteiger partial charge in [-0.1, -0.05) is 78.3 Å². The summed E-state index contributed by atoms with van der Waals surface area (Å²) in [6, 6.07) is 30.4. The summed E-state index contributed by atoms with van der Waals surface area (Å²) in [5.41, 5.74) is 5.26. The van der Waals surface area contributed by atoms with Crippen LogP contribution in [0.1, 0.15) is 26.3 Å². The molecule has 1 fully saturated rings. The normalized spacial score (nSPS) is 17.1. The number of nitrogens with one attached hydrogen (secondary N) is 1. The van der Waals surface area contributed by atoms with Crippen LogP contribution in [0.4, 0.5) is 11.4 Å². The third-order valence-corrected chi connectivity index (χ3v) is 7.67. The standard InChI is InChI=1S/C32H28ClN3O3/c33-29-18-24(34-31(37)27-12-6-5-11-26(27)22-8-2-1-3-9-22)14-15-28(29)32(38)36-20-25-21-39-17-16-35(25)19-23-10-4-7-13-30(23)36/h1-15,18,25H,16-17,19-21H2,(H,34,37)/t25-/m0/s1. The van der Waals surface area contributed by atoms with Crippen molar-refractivity contribution in [2.24, 2.45) is 0 Å². The van der Waals surface area contributed by atoms with E-state index in [1.54, 1.807) is 24.3 Å². The molecule has 0 aliphatic carbocycles. The zero-order chi connectivity index (χ0) is 26.8. The van der Waals surface area contributed by atoms with Crippen molar-refractivity contribution in [3.05, 3.63) is 119 Å². The molecule has 6 rings (SSSR count). The molecule has 196 valence electrons. The van der Waals surface area contributed by atoms with Gasteiger partial charge in [-0.05, 0) is 47.0 Å². The second-order valence-electron chi connectivity index (χ2n) is 9.80. The highest BCUT2D eigenvalue weighted by molar-refractivity contribution is 6.35. The van der Waals surface area contributed by atoms with Crippen molar-refractivity contribution in [1.29, 1.82) is 0 Å².